The first kappa shape index (κ1) is 13.2. The van der Waals surface area contributed by atoms with Crippen molar-refractivity contribution < 1.29 is 9.47 Å². The van der Waals surface area contributed by atoms with Crippen molar-refractivity contribution in [3.8, 4) is 0 Å². The van der Waals surface area contributed by atoms with Gasteiger partial charge < -0.3 is 9.47 Å². The highest BCUT2D eigenvalue weighted by Crippen LogP contribution is 2.01. The van der Waals surface area contributed by atoms with Gasteiger partial charge in [-0.1, -0.05) is 44.2 Å². The SMILES string of the molecule is CC(C)CCOCCOCc1ccccc1. The summed E-state index contributed by atoms with van der Waals surface area (Å²) in [4.78, 5) is 0. The highest BCUT2D eigenvalue weighted by atomic mass is 16.5. The van der Waals surface area contributed by atoms with E-state index in [1.165, 1.54) is 5.56 Å². The van der Waals surface area contributed by atoms with E-state index in [1.807, 2.05) is 18.2 Å². The van der Waals surface area contributed by atoms with E-state index in [9.17, 15) is 0 Å². The molecule has 0 aromatic heterocycles. The molecule has 0 N–H and O–H groups in total. The second kappa shape index (κ2) is 8.31. The van der Waals surface area contributed by atoms with Crippen molar-refractivity contribution >= 4 is 0 Å². The maximum Gasteiger partial charge on any atom is 0.0718 e. The van der Waals surface area contributed by atoms with Crippen molar-refractivity contribution in [2.75, 3.05) is 19.8 Å². The van der Waals surface area contributed by atoms with Crippen molar-refractivity contribution in [1.29, 1.82) is 0 Å². The van der Waals surface area contributed by atoms with Crippen LogP contribution in [0.1, 0.15) is 25.8 Å². The third-order valence-electron chi connectivity index (χ3n) is 2.32. The molecule has 0 saturated carbocycles. The first-order chi connectivity index (χ1) is 7.79. The van der Waals surface area contributed by atoms with Gasteiger partial charge in [-0.2, -0.15) is 0 Å². The molecule has 0 radical (unpaired) electrons. The molecule has 0 unspecified atom stereocenters. The lowest BCUT2D eigenvalue weighted by molar-refractivity contribution is 0.0372. The van der Waals surface area contributed by atoms with Gasteiger partial charge in [-0.15, -0.1) is 0 Å². The van der Waals surface area contributed by atoms with Crippen LogP contribution in [0.25, 0.3) is 0 Å². The molecule has 0 amide bonds. The van der Waals surface area contributed by atoms with Gasteiger partial charge in [0.25, 0.3) is 0 Å². The minimum atomic E-state index is 0.674. The Balaban J connectivity index is 1.93. The van der Waals surface area contributed by atoms with Crippen LogP contribution in [0.4, 0.5) is 0 Å². The summed E-state index contributed by atoms with van der Waals surface area (Å²) in [5.74, 6) is 0.713. The number of hydrogen-bond acceptors (Lipinski definition) is 2. The van der Waals surface area contributed by atoms with E-state index in [-0.39, 0.29) is 0 Å². The van der Waals surface area contributed by atoms with Crippen LogP contribution in [-0.4, -0.2) is 19.8 Å². The van der Waals surface area contributed by atoms with Crippen LogP contribution in [0.3, 0.4) is 0 Å². The van der Waals surface area contributed by atoms with Gasteiger partial charge in [0.2, 0.25) is 0 Å². The zero-order valence-electron chi connectivity index (χ0n) is 10.3. The van der Waals surface area contributed by atoms with Crippen LogP contribution >= 0.6 is 0 Å². The van der Waals surface area contributed by atoms with E-state index in [2.05, 4.69) is 26.0 Å². The van der Waals surface area contributed by atoms with Crippen molar-refractivity contribution in [2.45, 2.75) is 26.9 Å². The van der Waals surface area contributed by atoms with Crippen LogP contribution in [-0.2, 0) is 16.1 Å². The second-order valence-corrected chi connectivity index (χ2v) is 4.33. The number of hydrogen-bond donors (Lipinski definition) is 0. The molecule has 0 atom stereocenters. The lowest BCUT2D eigenvalue weighted by Gasteiger charge is -2.07. The predicted molar refractivity (Wildman–Crippen MR) is 66.4 cm³/mol. The maximum atomic E-state index is 5.50. The smallest absolute Gasteiger partial charge is 0.0718 e. The Morgan fingerprint density at radius 2 is 1.62 bits per heavy atom. The van der Waals surface area contributed by atoms with Crippen LogP contribution in [0, 0.1) is 5.92 Å². The summed E-state index contributed by atoms with van der Waals surface area (Å²) in [6, 6.07) is 10.2. The van der Waals surface area contributed by atoms with Gasteiger partial charge in [-0.05, 0) is 17.9 Å². The molecule has 0 heterocycles. The molecule has 1 rings (SSSR count). The monoisotopic (exact) mass is 222 g/mol. The summed E-state index contributed by atoms with van der Waals surface area (Å²) in [7, 11) is 0. The molecule has 0 aliphatic carbocycles. The summed E-state index contributed by atoms with van der Waals surface area (Å²) in [6.07, 6.45) is 1.12. The second-order valence-electron chi connectivity index (χ2n) is 4.33. The third-order valence-corrected chi connectivity index (χ3v) is 2.32. The Morgan fingerprint density at radius 3 is 2.31 bits per heavy atom. The summed E-state index contributed by atoms with van der Waals surface area (Å²) >= 11 is 0. The van der Waals surface area contributed by atoms with Gasteiger partial charge >= 0.3 is 0 Å². The van der Waals surface area contributed by atoms with Crippen LogP contribution in [0.15, 0.2) is 30.3 Å². The van der Waals surface area contributed by atoms with Gasteiger partial charge in [-0.25, -0.2) is 0 Å². The van der Waals surface area contributed by atoms with Crippen molar-refractivity contribution in [1.82, 2.24) is 0 Å². The molecule has 0 aliphatic heterocycles. The Hall–Kier alpha value is -0.860. The maximum absolute atomic E-state index is 5.50. The Labute approximate surface area is 98.6 Å². The van der Waals surface area contributed by atoms with E-state index in [1.54, 1.807) is 0 Å². The van der Waals surface area contributed by atoms with E-state index < -0.39 is 0 Å². The standard InChI is InChI=1S/C14H22O2/c1-13(2)8-9-15-10-11-16-12-14-6-4-3-5-7-14/h3-7,13H,8-12H2,1-2H3. The fraction of sp³-hybridized carbons (Fsp3) is 0.571. The van der Waals surface area contributed by atoms with Crippen molar-refractivity contribution in [3.63, 3.8) is 0 Å². The van der Waals surface area contributed by atoms with Gasteiger partial charge in [-0.3, -0.25) is 0 Å². The quantitative estimate of drug-likeness (QED) is 0.628. The average molecular weight is 222 g/mol. The van der Waals surface area contributed by atoms with Crippen LogP contribution in [0.2, 0.25) is 0 Å². The largest absolute Gasteiger partial charge is 0.379 e. The van der Waals surface area contributed by atoms with Crippen molar-refractivity contribution in [2.24, 2.45) is 5.92 Å². The molecule has 0 fully saturated rings. The Kier molecular flexibility index (Phi) is 6.86. The minimum absolute atomic E-state index is 0.674. The molecular weight excluding hydrogens is 200 g/mol. The summed E-state index contributed by atoms with van der Waals surface area (Å²) < 4.78 is 11.0. The van der Waals surface area contributed by atoms with Crippen LogP contribution < -0.4 is 0 Å². The molecule has 16 heavy (non-hydrogen) atoms. The topological polar surface area (TPSA) is 18.5 Å². The summed E-state index contributed by atoms with van der Waals surface area (Å²) in [5.41, 5.74) is 1.21. The van der Waals surface area contributed by atoms with Gasteiger partial charge in [0.15, 0.2) is 0 Å². The molecule has 0 saturated heterocycles. The van der Waals surface area contributed by atoms with Crippen molar-refractivity contribution in [3.05, 3.63) is 35.9 Å². The molecule has 0 bridgehead atoms. The number of benzene rings is 1. The molecule has 2 heteroatoms. The molecule has 1 aromatic carbocycles. The zero-order chi connectivity index (χ0) is 11.6. The fourth-order valence-electron chi connectivity index (χ4n) is 1.30. The van der Waals surface area contributed by atoms with Gasteiger partial charge in [0.05, 0.1) is 19.8 Å². The van der Waals surface area contributed by atoms with E-state index >= 15 is 0 Å². The molecule has 0 aliphatic rings. The fourth-order valence-corrected chi connectivity index (χ4v) is 1.30. The Morgan fingerprint density at radius 1 is 0.938 bits per heavy atom. The van der Waals surface area contributed by atoms with E-state index in [0.29, 0.717) is 25.7 Å². The lowest BCUT2D eigenvalue weighted by Crippen LogP contribution is -2.06. The highest BCUT2D eigenvalue weighted by molar-refractivity contribution is 5.13. The molecular formula is C14H22O2. The highest BCUT2D eigenvalue weighted by Gasteiger charge is 1.95. The summed E-state index contributed by atoms with van der Waals surface area (Å²) in [5, 5.41) is 0. The Bertz CT molecular complexity index is 257. The molecule has 2 nitrogen and oxygen atoms in total. The number of rotatable bonds is 8. The zero-order valence-corrected chi connectivity index (χ0v) is 10.3. The first-order valence-electron chi connectivity index (χ1n) is 5.98. The average Bonchev–Trinajstić information content (AvgIpc) is 2.29. The molecule has 0 spiro atoms. The van der Waals surface area contributed by atoms with Gasteiger partial charge in [0.1, 0.15) is 0 Å². The normalized spacial score (nSPS) is 10.9. The molecule has 1 aromatic rings. The third kappa shape index (κ3) is 6.59. The van der Waals surface area contributed by atoms with E-state index in [0.717, 1.165) is 13.0 Å². The van der Waals surface area contributed by atoms with Gasteiger partial charge in [0, 0.05) is 6.61 Å². The van der Waals surface area contributed by atoms with E-state index in [4.69, 9.17) is 9.47 Å². The van der Waals surface area contributed by atoms with Crippen LogP contribution in [0.5, 0.6) is 0 Å². The first-order valence-corrected chi connectivity index (χ1v) is 5.98. The number of ether oxygens (including phenoxy) is 2. The summed E-state index contributed by atoms with van der Waals surface area (Å²) in [6.45, 7) is 7.29. The predicted octanol–water partition coefficient (Wildman–Crippen LogP) is 3.27. The molecule has 90 valence electrons. The minimum Gasteiger partial charge on any atom is -0.379 e. The lowest BCUT2D eigenvalue weighted by atomic mass is 10.1.